The zero-order valence-electron chi connectivity index (χ0n) is 9.78. The van der Waals surface area contributed by atoms with Gasteiger partial charge in [0.1, 0.15) is 11.6 Å². The summed E-state index contributed by atoms with van der Waals surface area (Å²) in [6.45, 7) is 1.43. The van der Waals surface area contributed by atoms with Gasteiger partial charge in [-0.05, 0) is 30.7 Å². The molecule has 2 aromatic rings. The van der Waals surface area contributed by atoms with Crippen LogP contribution in [-0.4, -0.2) is 51.4 Å². The molecular formula is C14H9F5K. The summed E-state index contributed by atoms with van der Waals surface area (Å²) in [5.41, 5.74) is -1.41. The van der Waals surface area contributed by atoms with E-state index in [-0.39, 0.29) is 68.1 Å². The Morgan fingerprint density at radius 2 is 1.70 bits per heavy atom. The Labute approximate surface area is 155 Å². The molecule has 0 nitrogen and oxygen atoms in total. The number of halogens is 5. The van der Waals surface area contributed by atoms with E-state index in [1.807, 2.05) is 0 Å². The third kappa shape index (κ3) is 3.68. The third-order valence-corrected chi connectivity index (χ3v) is 2.69. The van der Waals surface area contributed by atoms with Crippen molar-refractivity contribution in [3.63, 3.8) is 0 Å². The second kappa shape index (κ2) is 6.66. The average molecular weight is 311 g/mol. The average Bonchev–Trinajstić information content (AvgIpc) is 2.28. The van der Waals surface area contributed by atoms with Gasteiger partial charge < -0.3 is 0 Å². The Balaban J connectivity index is 0.00000200. The molecule has 6 heteroatoms. The fourth-order valence-corrected chi connectivity index (χ4v) is 1.87. The quantitative estimate of drug-likeness (QED) is 0.549. The van der Waals surface area contributed by atoms with Gasteiger partial charge in [-0.25, -0.2) is 8.78 Å². The molecule has 20 heavy (non-hydrogen) atoms. The molecule has 0 saturated heterocycles. The van der Waals surface area contributed by atoms with E-state index in [1.54, 1.807) is 0 Å². The molecule has 0 spiro atoms. The van der Waals surface area contributed by atoms with Crippen molar-refractivity contribution in [2.45, 2.75) is 13.1 Å². The Morgan fingerprint density at radius 3 is 2.25 bits per heavy atom. The van der Waals surface area contributed by atoms with Crippen molar-refractivity contribution >= 4 is 51.4 Å². The van der Waals surface area contributed by atoms with Crippen LogP contribution in [0.2, 0.25) is 0 Å². The first-order valence-electron chi connectivity index (χ1n) is 5.34. The van der Waals surface area contributed by atoms with Crippen LogP contribution < -0.4 is 0 Å². The number of hydrogen-bond acceptors (Lipinski definition) is 0. The zero-order chi connectivity index (χ0) is 14.2. The maximum absolute atomic E-state index is 13.7. The first-order chi connectivity index (χ1) is 8.80. The van der Waals surface area contributed by atoms with Crippen molar-refractivity contribution in [2.24, 2.45) is 0 Å². The minimum atomic E-state index is -4.65. The van der Waals surface area contributed by atoms with E-state index in [0.717, 1.165) is 18.2 Å². The molecule has 101 valence electrons. The molecular weight excluding hydrogens is 302 g/mol. The number of hydrogen-bond donors (Lipinski definition) is 0. The molecule has 2 rings (SSSR count). The molecule has 2 aromatic carbocycles. The van der Waals surface area contributed by atoms with E-state index >= 15 is 0 Å². The van der Waals surface area contributed by atoms with Gasteiger partial charge >= 0.3 is 57.6 Å². The van der Waals surface area contributed by atoms with Crippen LogP contribution in [-0.2, 0) is 6.18 Å². The predicted molar refractivity (Wildman–Crippen MR) is 67.5 cm³/mol. The van der Waals surface area contributed by atoms with Crippen molar-refractivity contribution in [1.82, 2.24) is 0 Å². The molecule has 0 fully saturated rings. The monoisotopic (exact) mass is 311 g/mol. The van der Waals surface area contributed by atoms with Crippen molar-refractivity contribution in [2.75, 3.05) is 0 Å². The van der Waals surface area contributed by atoms with Gasteiger partial charge in [-0.2, -0.15) is 13.2 Å². The first-order valence-corrected chi connectivity index (χ1v) is 5.34. The molecule has 0 heterocycles. The number of alkyl halides is 3. The van der Waals surface area contributed by atoms with Crippen LogP contribution in [0.4, 0.5) is 22.0 Å². The molecule has 0 aliphatic carbocycles. The Kier molecular flexibility index (Phi) is 5.92. The van der Waals surface area contributed by atoms with Gasteiger partial charge in [-0.15, -0.1) is 0 Å². The van der Waals surface area contributed by atoms with Crippen molar-refractivity contribution in [3.8, 4) is 11.1 Å². The summed E-state index contributed by atoms with van der Waals surface area (Å²) in [6.07, 6.45) is -4.65. The molecule has 0 N–H and O–H groups in total. The Morgan fingerprint density at radius 1 is 1.05 bits per heavy atom. The van der Waals surface area contributed by atoms with Crippen LogP contribution in [0.25, 0.3) is 11.1 Å². The van der Waals surface area contributed by atoms with E-state index < -0.39 is 23.4 Å². The molecule has 0 bridgehead atoms. The number of rotatable bonds is 1. The fourth-order valence-electron chi connectivity index (χ4n) is 1.87. The number of aryl methyl sites for hydroxylation is 1. The second-order valence-corrected chi connectivity index (χ2v) is 4.03. The molecule has 0 unspecified atom stereocenters. The molecule has 0 atom stereocenters. The van der Waals surface area contributed by atoms with Crippen molar-refractivity contribution in [3.05, 3.63) is 59.2 Å². The molecule has 0 amide bonds. The summed E-state index contributed by atoms with van der Waals surface area (Å²) >= 11 is 0. The third-order valence-electron chi connectivity index (χ3n) is 2.69. The van der Waals surface area contributed by atoms with Crippen LogP contribution >= 0.6 is 0 Å². The van der Waals surface area contributed by atoms with Gasteiger partial charge in [0.25, 0.3) is 0 Å². The van der Waals surface area contributed by atoms with Crippen LogP contribution in [0.5, 0.6) is 0 Å². The first kappa shape index (κ1) is 17.8. The normalized spacial score (nSPS) is 11.1. The zero-order valence-corrected chi connectivity index (χ0v) is 9.78. The van der Waals surface area contributed by atoms with E-state index in [1.165, 1.54) is 13.0 Å². The van der Waals surface area contributed by atoms with Gasteiger partial charge in [0.15, 0.2) is 0 Å². The van der Waals surface area contributed by atoms with E-state index in [2.05, 4.69) is 6.07 Å². The van der Waals surface area contributed by atoms with Crippen molar-refractivity contribution < 1.29 is 22.0 Å². The van der Waals surface area contributed by atoms with Gasteiger partial charge in [-0.1, -0.05) is 12.1 Å². The van der Waals surface area contributed by atoms with Gasteiger partial charge in [0, 0.05) is 17.2 Å². The topological polar surface area (TPSA) is 0 Å². The van der Waals surface area contributed by atoms with Gasteiger partial charge in [0.2, 0.25) is 0 Å². The van der Waals surface area contributed by atoms with Crippen LogP contribution in [0.1, 0.15) is 11.1 Å². The van der Waals surface area contributed by atoms with Gasteiger partial charge in [-0.3, -0.25) is 0 Å². The molecule has 0 aliphatic rings. The van der Waals surface area contributed by atoms with Gasteiger partial charge in [0.05, 0.1) is 5.56 Å². The fraction of sp³-hybridized carbons (Fsp3) is 0.143. The summed E-state index contributed by atoms with van der Waals surface area (Å²) in [6, 6.07) is 7.07. The SMILES string of the molecule is Cc1cc[c]c(C(F)(F)F)c1-c1ccc(F)cc1F.[KH]. The minimum absolute atomic E-state index is 0. The van der Waals surface area contributed by atoms with E-state index in [0.29, 0.717) is 6.07 Å². The summed E-state index contributed by atoms with van der Waals surface area (Å²) in [5.74, 6) is -1.87. The predicted octanol–water partition coefficient (Wildman–Crippen LogP) is 4.11. The standard InChI is InChI=1S/C14H8F5.K.H/c1-8-3-2-4-11(14(17,18)19)13(8)10-6-5-9(15)7-12(10)16;;/h2-3,5-7H,1H3;;. The summed E-state index contributed by atoms with van der Waals surface area (Å²) in [5, 5.41) is 0. The van der Waals surface area contributed by atoms with E-state index in [9.17, 15) is 22.0 Å². The van der Waals surface area contributed by atoms with Crippen molar-refractivity contribution in [1.29, 1.82) is 0 Å². The Hall–Kier alpha value is -0.274. The van der Waals surface area contributed by atoms with E-state index in [4.69, 9.17) is 0 Å². The Bertz CT molecular complexity index is 619. The van der Waals surface area contributed by atoms with Crippen LogP contribution in [0.15, 0.2) is 30.3 Å². The maximum atomic E-state index is 13.7. The van der Waals surface area contributed by atoms with Crippen LogP contribution in [0, 0.1) is 24.6 Å². The summed E-state index contributed by atoms with van der Waals surface area (Å²) in [4.78, 5) is 0. The van der Waals surface area contributed by atoms with Crippen LogP contribution in [0.3, 0.4) is 0 Å². The molecule has 0 saturated carbocycles. The second-order valence-electron chi connectivity index (χ2n) is 4.03. The summed E-state index contributed by atoms with van der Waals surface area (Å²) < 4.78 is 65.2. The number of benzene rings is 2. The summed E-state index contributed by atoms with van der Waals surface area (Å²) in [7, 11) is 0. The molecule has 1 radical (unpaired) electrons. The molecule has 0 aliphatic heterocycles. The molecule has 0 aromatic heterocycles.